The minimum atomic E-state index is -3.89. The number of aliphatic hydroxyl groups is 1. The third-order valence-corrected chi connectivity index (χ3v) is 7.51. The van der Waals surface area contributed by atoms with Gasteiger partial charge < -0.3 is 9.84 Å². The highest BCUT2D eigenvalue weighted by Gasteiger charge is 2.74. The van der Waals surface area contributed by atoms with Crippen molar-refractivity contribution in [3.63, 3.8) is 0 Å². The van der Waals surface area contributed by atoms with Gasteiger partial charge in [-0.1, -0.05) is 70.0 Å². The molecule has 2 aliphatic rings. The Hall–Kier alpha value is -1.97. The summed E-state index contributed by atoms with van der Waals surface area (Å²) in [6.07, 6.45) is 1.46. The Morgan fingerprint density at radius 3 is 2.53 bits per heavy atom. The van der Waals surface area contributed by atoms with E-state index in [-0.39, 0.29) is 12.1 Å². The highest BCUT2D eigenvalue weighted by molar-refractivity contribution is 9.10. The van der Waals surface area contributed by atoms with E-state index in [0.717, 1.165) is 16.3 Å². The van der Waals surface area contributed by atoms with E-state index in [1.807, 2.05) is 54.6 Å². The molecule has 0 radical (unpaired) electrons. The monoisotopic (exact) mass is 535 g/mol. The second-order valence-electron chi connectivity index (χ2n) is 8.10. The molecule has 0 bridgehead atoms. The van der Waals surface area contributed by atoms with Gasteiger partial charge in [0.1, 0.15) is 17.5 Å². The molecule has 1 aromatic heterocycles. The molecule has 0 spiro atoms. The summed E-state index contributed by atoms with van der Waals surface area (Å²) in [5.41, 5.74) is -1.51. The first-order chi connectivity index (χ1) is 15.1. The van der Waals surface area contributed by atoms with Crippen LogP contribution in [0.25, 0.3) is 0 Å². The van der Waals surface area contributed by atoms with Crippen molar-refractivity contribution in [3.05, 3.63) is 93.2 Å². The standard InChI is InChI=1S/C23H19BrClNO5S/c1-32(28,29)31-20-12-18(14-5-3-2-4-6-14)23(15-7-9-16(24)10-8-15)22(20,27)21-19(30-23)11-17(25)13-26-21/h2-11,13,18,20,27H,12H2,1H3/t18-,20-,22+,23+/m1/s1. The van der Waals surface area contributed by atoms with Gasteiger partial charge in [0.25, 0.3) is 10.1 Å². The Kier molecular flexibility index (Phi) is 5.14. The molecule has 1 aliphatic heterocycles. The Morgan fingerprint density at radius 1 is 1.19 bits per heavy atom. The van der Waals surface area contributed by atoms with Crippen LogP contribution in [0.2, 0.25) is 5.02 Å². The average molecular weight is 537 g/mol. The Labute approximate surface area is 199 Å². The molecule has 0 amide bonds. The Morgan fingerprint density at radius 2 is 1.88 bits per heavy atom. The van der Waals surface area contributed by atoms with Crippen molar-refractivity contribution < 1.29 is 22.4 Å². The molecule has 32 heavy (non-hydrogen) atoms. The zero-order valence-corrected chi connectivity index (χ0v) is 20.1. The zero-order chi connectivity index (χ0) is 22.7. The fourth-order valence-corrected chi connectivity index (χ4v) is 6.10. The van der Waals surface area contributed by atoms with E-state index in [2.05, 4.69) is 20.9 Å². The van der Waals surface area contributed by atoms with E-state index in [1.165, 1.54) is 6.20 Å². The molecule has 1 aliphatic carbocycles. The van der Waals surface area contributed by atoms with Crippen LogP contribution in [-0.2, 0) is 25.5 Å². The van der Waals surface area contributed by atoms with Crippen LogP contribution in [-0.4, -0.2) is 30.9 Å². The van der Waals surface area contributed by atoms with Gasteiger partial charge >= 0.3 is 0 Å². The molecule has 0 saturated heterocycles. The van der Waals surface area contributed by atoms with Gasteiger partial charge in [-0.3, -0.25) is 9.17 Å². The van der Waals surface area contributed by atoms with Crippen LogP contribution in [0.1, 0.15) is 29.2 Å². The maximum atomic E-state index is 12.4. The molecule has 1 N–H and O–H groups in total. The lowest BCUT2D eigenvalue weighted by molar-refractivity contribution is -0.143. The summed E-state index contributed by atoms with van der Waals surface area (Å²) in [7, 11) is -3.89. The van der Waals surface area contributed by atoms with E-state index in [0.29, 0.717) is 16.3 Å². The lowest BCUT2D eigenvalue weighted by Crippen LogP contribution is -2.53. The maximum Gasteiger partial charge on any atom is 0.264 e. The van der Waals surface area contributed by atoms with Crippen LogP contribution in [0.5, 0.6) is 5.75 Å². The molecular weight excluding hydrogens is 518 g/mol. The predicted octanol–water partition coefficient (Wildman–Crippen LogP) is 4.51. The minimum absolute atomic E-state index is 0.202. The van der Waals surface area contributed by atoms with Crippen molar-refractivity contribution in [3.8, 4) is 5.75 Å². The lowest BCUT2D eigenvalue weighted by atomic mass is 9.72. The van der Waals surface area contributed by atoms with E-state index in [4.69, 9.17) is 20.5 Å². The fraction of sp³-hybridized carbons (Fsp3) is 0.261. The van der Waals surface area contributed by atoms with Crippen molar-refractivity contribution in [1.82, 2.24) is 4.98 Å². The van der Waals surface area contributed by atoms with Gasteiger partial charge in [0, 0.05) is 22.7 Å². The number of hydrogen-bond donors (Lipinski definition) is 1. The quantitative estimate of drug-likeness (QED) is 0.494. The van der Waals surface area contributed by atoms with Gasteiger partial charge in [-0.05, 0) is 29.7 Å². The normalized spacial score (nSPS) is 28.8. The first-order valence-electron chi connectivity index (χ1n) is 9.92. The highest BCUT2D eigenvalue weighted by atomic mass is 79.9. The predicted molar refractivity (Wildman–Crippen MR) is 123 cm³/mol. The summed E-state index contributed by atoms with van der Waals surface area (Å²) in [6, 6.07) is 18.5. The summed E-state index contributed by atoms with van der Waals surface area (Å²) < 4.78 is 37.3. The van der Waals surface area contributed by atoms with Crippen LogP contribution in [0.4, 0.5) is 0 Å². The van der Waals surface area contributed by atoms with Crippen LogP contribution in [0, 0.1) is 0 Å². The largest absolute Gasteiger partial charge is 0.476 e. The van der Waals surface area contributed by atoms with Gasteiger partial charge in [-0.2, -0.15) is 8.42 Å². The number of hydrogen-bond acceptors (Lipinski definition) is 6. The van der Waals surface area contributed by atoms with Crippen molar-refractivity contribution in [2.45, 2.75) is 29.6 Å². The van der Waals surface area contributed by atoms with E-state index in [1.54, 1.807) is 6.07 Å². The SMILES string of the molecule is CS(=O)(=O)O[C@@H]1C[C@H](c2ccccc2)[C@]2(c3ccc(Br)cc3)Oc3cc(Cl)cnc3[C@@]12O. The van der Waals surface area contributed by atoms with Crippen molar-refractivity contribution in [1.29, 1.82) is 0 Å². The number of halogens is 2. The first kappa shape index (κ1) is 21.9. The van der Waals surface area contributed by atoms with Gasteiger partial charge in [0.2, 0.25) is 0 Å². The number of nitrogens with zero attached hydrogens (tertiary/aromatic N) is 1. The molecule has 9 heteroatoms. The molecule has 1 saturated carbocycles. The second-order valence-corrected chi connectivity index (χ2v) is 11.1. The molecule has 2 aromatic carbocycles. The zero-order valence-electron chi connectivity index (χ0n) is 16.9. The minimum Gasteiger partial charge on any atom is -0.476 e. The second kappa shape index (κ2) is 7.53. The van der Waals surface area contributed by atoms with Crippen molar-refractivity contribution in [2.75, 3.05) is 6.26 Å². The third kappa shape index (κ3) is 3.20. The molecule has 5 rings (SSSR count). The molecule has 3 aromatic rings. The van der Waals surface area contributed by atoms with E-state index >= 15 is 0 Å². The molecule has 2 heterocycles. The van der Waals surface area contributed by atoms with Crippen LogP contribution < -0.4 is 4.74 Å². The smallest absolute Gasteiger partial charge is 0.264 e. The Bertz CT molecular complexity index is 1290. The highest BCUT2D eigenvalue weighted by Crippen LogP contribution is 2.67. The first-order valence-corrected chi connectivity index (χ1v) is 12.9. The molecule has 0 unspecified atom stereocenters. The maximum absolute atomic E-state index is 12.4. The van der Waals surface area contributed by atoms with Crippen molar-refractivity contribution >= 4 is 37.6 Å². The molecule has 4 atom stereocenters. The lowest BCUT2D eigenvalue weighted by Gasteiger charge is -2.40. The van der Waals surface area contributed by atoms with Gasteiger partial charge in [0.05, 0.1) is 11.3 Å². The number of fused-ring (bicyclic) bond motifs is 3. The van der Waals surface area contributed by atoms with E-state index in [9.17, 15) is 13.5 Å². The van der Waals surface area contributed by atoms with Gasteiger partial charge in [0.15, 0.2) is 11.2 Å². The van der Waals surface area contributed by atoms with Crippen LogP contribution in [0.15, 0.2) is 71.3 Å². The summed E-state index contributed by atoms with van der Waals surface area (Å²) in [6.45, 7) is 0. The number of benzene rings is 2. The summed E-state index contributed by atoms with van der Waals surface area (Å²) in [5.74, 6) is -0.139. The molecule has 1 fully saturated rings. The molecule has 6 nitrogen and oxygen atoms in total. The summed E-state index contributed by atoms with van der Waals surface area (Å²) in [4.78, 5) is 4.38. The third-order valence-electron chi connectivity index (χ3n) is 6.19. The molecular formula is C23H19BrClNO5S. The van der Waals surface area contributed by atoms with Gasteiger partial charge in [-0.15, -0.1) is 0 Å². The topological polar surface area (TPSA) is 85.7 Å². The average Bonchev–Trinajstić information content (AvgIpc) is 3.13. The number of pyridine rings is 1. The molecule has 166 valence electrons. The Balaban J connectivity index is 1.82. The van der Waals surface area contributed by atoms with Crippen LogP contribution >= 0.6 is 27.5 Å². The van der Waals surface area contributed by atoms with Gasteiger partial charge in [-0.25, -0.2) is 0 Å². The number of aromatic nitrogens is 1. The van der Waals surface area contributed by atoms with Crippen molar-refractivity contribution in [2.24, 2.45) is 0 Å². The number of rotatable bonds is 4. The fourth-order valence-electron chi connectivity index (χ4n) is 5.04. The van der Waals surface area contributed by atoms with Crippen LogP contribution in [0.3, 0.4) is 0 Å². The summed E-state index contributed by atoms with van der Waals surface area (Å²) >= 11 is 9.63. The number of ether oxygens (including phenoxy) is 1. The van der Waals surface area contributed by atoms with E-state index < -0.39 is 33.3 Å². The summed E-state index contributed by atoms with van der Waals surface area (Å²) in [5, 5.41) is 12.7.